The van der Waals surface area contributed by atoms with E-state index in [9.17, 15) is 9.90 Å². The summed E-state index contributed by atoms with van der Waals surface area (Å²) in [6.07, 6.45) is 8.91. The molecule has 2 heterocycles. The van der Waals surface area contributed by atoms with Gasteiger partial charge in [-0.2, -0.15) is 0 Å². The van der Waals surface area contributed by atoms with Gasteiger partial charge in [-0.05, 0) is 76.5 Å². The second kappa shape index (κ2) is 8.05. The zero-order valence-electron chi connectivity index (χ0n) is 18.0. The first-order valence-corrected chi connectivity index (χ1v) is 10.2. The van der Waals surface area contributed by atoms with Gasteiger partial charge in [-0.1, -0.05) is 0 Å². The van der Waals surface area contributed by atoms with Crippen LogP contribution in [0.3, 0.4) is 0 Å². The van der Waals surface area contributed by atoms with Crippen molar-refractivity contribution in [3.63, 3.8) is 0 Å². The number of H-pyrrole nitrogens is 1. The smallest absolute Gasteiger partial charge is 0.188 e. The lowest BCUT2D eigenvalue weighted by atomic mass is 9.92. The maximum absolute atomic E-state index is 12.7. The summed E-state index contributed by atoms with van der Waals surface area (Å²) in [5.41, 5.74) is 5.38. The molecule has 1 aliphatic carbocycles. The molecule has 2 N–H and O–H groups in total. The number of hydrogen-bond acceptors (Lipinski definition) is 5. The van der Waals surface area contributed by atoms with Gasteiger partial charge in [-0.15, -0.1) is 0 Å². The minimum Gasteiger partial charge on any atom is -0.507 e. The van der Waals surface area contributed by atoms with Crippen LogP contribution in [0.2, 0.25) is 0 Å². The number of fused-ring (bicyclic) bond motifs is 2. The van der Waals surface area contributed by atoms with Crippen LogP contribution in [0.4, 0.5) is 0 Å². The summed E-state index contributed by atoms with van der Waals surface area (Å²) in [5.74, 6) is 0.274. The molecule has 6 heteroatoms. The Hall–Kier alpha value is -2.96. The molecule has 1 aromatic heterocycles. The number of carbonyl (C=O) groups is 1. The van der Waals surface area contributed by atoms with Crippen molar-refractivity contribution in [2.24, 2.45) is 4.99 Å². The van der Waals surface area contributed by atoms with Crippen molar-refractivity contribution in [3.8, 4) is 5.75 Å². The SMILES string of the molecule is CN(C)CCC1=CN=c2c1c(O)ccc2=C1C=CC(=O)c2c(CCN(C)C)c[nH]c21. The highest BCUT2D eigenvalue weighted by molar-refractivity contribution is 6.12. The molecule has 1 aliphatic heterocycles. The van der Waals surface area contributed by atoms with E-state index < -0.39 is 0 Å². The molecule has 156 valence electrons. The van der Waals surface area contributed by atoms with Crippen LogP contribution < -0.4 is 10.6 Å². The third kappa shape index (κ3) is 3.64. The van der Waals surface area contributed by atoms with Crippen molar-refractivity contribution in [1.29, 1.82) is 0 Å². The predicted molar refractivity (Wildman–Crippen MR) is 119 cm³/mol. The van der Waals surface area contributed by atoms with Gasteiger partial charge in [0.1, 0.15) is 5.75 Å². The molecule has 6 nitrogen and oxygen atoms in total. The number of phenols is 1. The molecule has 0 spiro atoms. The van der Waals surface area contributed by atoms with Gasteiger partial charge in [0.15, 0.2) is 5.78 Å². The highest BCUT2D eigenvalue weighted by Gasteiger charge is 2.24. The lowest BCUT2D eigenvalue weighted by Crippen LogP contribution is -2.30. The number of nitrogens with one attached hydrogen (secondary N) is 1. The highest BCUT2D eigenvalue weighted by atomic mass is 16.3. The van der Waals surface area contributed by atoms with E-state index in [0.29, 0.717) is 0 Å². The number of nitrogens with zero attached hydrogens (tertiary/aromatic N) is 3. The van der Waals surface area contributed by atoms with E-state index in [2.05, 4.69) is 19.8 Å². The molecule has 4 rings (SSSR count). The number of rotatable bonds is 6. The maximum atomic E-state index is 12.7. The lowest BCUT2D eigenvalue weighted by molar-refractivity contribution is 0.104. The molecule has 0 bridgehead atoms. The van der Waals surface area contributed by atoms with Crippen LogP contribution in [-0.2, 0) is 6.42 Å². The van der Waals surface area contributed by atoms with Crippen LogP contribution >= 0.6 is 0 Å². The number of likely N-dealkylation sites (N-methyl/N-ethyl adjacent to an activating group) is 1. The molecule has 0 atom stereocenters. The Balaban J connectivity index is 1.84. The van der Waals surface area contributed by atoms with Gasteiger partial charge >= 0.3 is 0 Å². The standard InChI is InChI=1S/C24H28N4O2/c1-27(2)11-9-15-13-25-23-17(5-7-19(29)21(15)23)18-6-8-20(30)22-16(10-12-28(3)4)14-26-24(18)22/h5-8,13-14,25,30H,9-12H2,1-4H3. The van der Waals surface area contributed by atoms with E-state index in [1.165, 1.54) is 0 Å². The average Bonchev–Trinajstić information content (AvgIpc) is 3.31. The minimum atomic E-state index is 0.0286. The van der Waals surface area contributed by atoms with Gasteiger partial charge < -0.3 is 19.9 Å². The molecule has 30 heavy (non-hydrogen) atoms. The summed E-state index contributed by atoms with van der Waals surface area (Å²) in [6.45, 7) is 1.76. The third-order valence-corrected chi connectivity index (χ3v) is 5.65. The zero-order valence-corrected chi connectivity index (χ0v) is 18.0. The lowest BCUT2D eigenvalue weighted by Gasteiger charge is -2.14. The molecule has 0 saturated heterocycles. The van der Waals surface area contributed by atoms with Crippen molar-refractivity contribution in [2.75, 3.05) is 41.3 Å². The van der Waals surface area contributed by atoms with Crippen LogP contribution in [0.5, 0.6) is 5.75 Å². The molecule has 1 aromatic carbocycles. The molecular weight excluding hydrogens is 376 g/mol. The molecule has 0 saturated carbocycles. The van der Waals surface area contributed by atoms with Gasteiger partial charge in [0.25, 0.3) is 0 Å². The number of aromatic amines is 1. The van der Waals surface area contributed by atoms with Crippen LogP contribution in [-0.4, -0.2) is 67.0 Å². The number of carbonyl (C=O) groups excluding carboxylic acids is 1. The van der Waals surface area contributed by atoms with E-state index in [0.717, 1.165) is 70.0 Å². The van der Waals surface area contributed by atoms with E-state index >= 15 is 0 Å². The number of benzene rings is 1. The predicted octanol–water partition coefficient (Wildman–Crippen LogP) is 1.70. The van der Waals surface area contributed by atoms with E-state index in [4.69, 9.17) is 0 Å². The summed E-state index contributed by atoms with van der Waals surface area (Å²) in [7, 11) is 8.12. The molecule has 0 fully saturated rings. The maximum Gasteiger partial charge on any atom is 0.188 e. The fraction of sp³-hybridized carbons (Fsp3) is 0.333. The summed E-state index contributed by atoms with van der Waals surface area (Å²) >= 11 is 0. The van der Waals surface area contributed by atoms with Crippen LogP contribution in [0.25, 0.3) is 11.1 Å². The van der Waals surface area contributed by atoms with Crippen molar-refractivity contribution in [3.05, 3.63) is 69.6 Å². The van der Waals surface area contributed by atoms with Crippen LogP contribution in [0.1, 0.15) is 33.6 Å². The van der Waals surface area contributed by atoms with Gasteiger partial charge in [0, 0.05) is 41.8 Å². The number of ketones is 1. The molecule has 0 amide bonds. The van der Waals surface area contributed by atoms with Crippen LogP contribution in [0, 0.1) is 0 Å². The summed E-state index contributed by atoms with van der Waals surface area (Å²) < 4.78 is 0. The number of hydrogen-bond donors (Lipinski definition) is 2. The first-order valence-electron chi connectivity index (χ1n) is 10.2. The summed E-state index contributed by atoms with van der Waals surface area (Å²) in [6, 6.07) is 3.62. The van der Waals surface area contributed by atoms with E-state index in [1.54, 1.807) is 12.1 Å². The van der Waals surface area contributed by atoms with Crippen LogP contribution in [0.15, 0.2) is 41.7 Å². The monoisotopic (exact) mass is 404 g/mol. The van der Waals surface area contributed by atoms with Gasteiger partial charge in [-0.25, -0.2) is 0 Å². The quantitative estimate of drug-likeness (QED) is 0.769. The normalized spacial score (nSPS) is 16.7. The Morgan fingerprint density at radius 2 is 1.73 bits per heavy atom. The third-order valence-electron chi connectivity index (χ3n) is 5.65. The van der Waals surface area contributed by atoms with Gasteiger partial charge in [0.2, 0.25) is 0 Å². The summed E-state index contributed by atoms with van der Waals surface area (Å²) in [4.78, 5) is 24.9. The number of phenolic OH excluding ortho intramolecular Hbond substituents is 1. The van der Waals surface area contributed by atoms with Crippen molar-refractivity contribution in [2.45, 2.75) is 12.8 Å². The highest BCUT2D eigenvalue weighted by Crippen LogP contribution is 2.29. The number of aromatic hydroxyl groups is 1. The average molecular weight is 405 g/mol. The molecular formula is C24H28N4O2. The van der Waals surface area contributed by atoms with E-state index in [1.807, 2.05) is 52.7 Å². The zero-order chi connectivity index (χ0) is 21.4. The number of aromatic nitrogens is 1. The van der Waals surface area contributed by atoms with Crippen molar-refractivity contribution in [1.82, 2.24) is 14.8 Å². The van der Waals surface area contributed by atoms with E-state index in [-0.39, 0.29) is 11.5 Å². The second-order valence-electron chi connectivity index (χ2n) is 8.42. The summed E-state index contributed by atoms with van der Waals surface area (Å²) in [5, 5.41) is 12.2. The molecule has 2 aliphatic rings. The topological polar surface area (TPSA) is 71.9 Å². The molecule has 2 aromatic rings. The fourth-order valence-corrected chi connectivity index (χ4v) is 4.04. The number of allylic oxidation sites excluding steroid dienone is 2. The molecule has 0 radical (unpaired) electrons. The first-order chi connectivity index (χ1) is 14.4. The second-order valence-corrected chi connectivity index (χ2v) is 8.42. The van der Waals surface area contributed by atoms with Gasteiger partial charge in [-0.3, -0.25) is 9.79 Å². The largest absolute Gasteiger partial charge is 0.507 e. The van der Waals surface area contributed by atoms with Crippen molar-refractivity contribution >= 4 is 16.9 Å². The van der Waals surface area contributed by atoms with Gasteiger partial charge in [0.05, 0.1) is 16.6 Å². The Kier molecular flexibility index (Phi) is 5.45. The first kappa shape index (κ1) is 20.3. The Bertz CT molecular complexity index is 1180. The Labute approximate surface area is 176 Å². The fourth-order valence-electron chi connectivity index (χ4n) is 4.04. The molecule has 0 unspecified atom stereocenters. The van der Waals surface area contributed by atoms with Crippen molar-refractivity contribution < 1.29 is 9.90 Å². The minimum absolute atomic E-state index is 0.0286. The Morgan fingerprint density at radius 1 is 1.00 bits per heavy atom. The Morgan fingerprint density at radius 3 is 2.47 bits per heavy atom.